The van der Waals surface area contributed by atoms with E-state index in [4.69, 9.17) is 5.11 Å². The van der Waals surface area contributed by atoms with E-state index in [0.29, 0.717) is 12.6 Å². The van der Waals surface area contributed by atoms with Gasteiger partial charge < -0.3 is 15.3 Å². The first-order valence-corrected chi connectivity index (χ1v) is 4.79. The highest BCUT2D eigenvalue weighted by Crippen LogP contribution is 2.26. The zero-order valence-corrected chi connectivity index (χ0v) is 8.29. The molecule has 76 valence electrons. The number of carbonyl (C=O) groups excluding carboxylic acids is 1. The van der Waals surface area contributed by atoms with E-state index in [2.05, 4.69) is 5.32 Å². The van der Waals surface area contributed by atoms with Crippen molar-refractivity contribution >= 4 is 5.91 Å². The number of hydrogen-bond donors (Lipinski definition) is 2. The highest BCUT2D eigenvalue weighted by atomic mass is 16.3. The molecular weight excluding hydrogens is 168 g/mol. The van der Waals surface area contributed by atoms with Gasteiger partial charge in [0, 0.05) is 12.6 Å². The number of rotatable bonds is 5. The summed E-state index contributed by atoms with van der Waals surface area (Å²) < 4.78 is 0. The summed E-state index contributed by atoms with van der Waals surface area (Å²) >= 11 is 0. The molecule has 1 aliphatic rings. The van der Waals surface area contributed by atoms with Crippen LogP contribution in [0.4, 0.5) is 0 Å². The minimum Gasteiger partial charge on any atom is -0.395 e. The maximum Gasteiger partial charge on any atom is 0.239 e. The van der Waals surface area contributed by atoms with Crippen LogP contribution in [-0.4, -0.2) is 48.2 Å². The first kappa shape index (κ1) is 10.5. The molecule has 1 aliphatic carbocycles. The van der Waals surface area contributed by atoms with Crippen molar-refractivity contribution in [3.05, 3.63) is 0 Å². The number of amides is 1. The highest BCUT2D eigenvalue weighted by Gasteiger charge is 2.33. The van der Waals surface area contributed by atoms with E-state index in [-0.39, 0.29) is 18.6 Å². The molecule has 2 N–H and O–H groups in total. The summed E-state index contributed by atoms with van der Waals surface area (Å²) in [6, 6.07) is 0.239. The predicted molar refractivity (Wildman–Crippen MR) is 50.3 cm³/mol. The molecule has 1 rings (SSSR count). The van der Waals surface area contributed by atoms with Gasteiger partial charge in [-0.15, -0.1) is 0 Å². The second-order valence-electron chi connectivity index (χ2n) is 3.50. The molecule has 0 radical (unpaired) electrons. The molecule has 0 aromatic carbocycles. The van der Waals surface area contributed by atoms with Crippen molar-refractivity contribution < 1.29 is 9.90 Å². The summed E-state index contributed by atoms with van der Waals surface area (Å²) in [4.78, 5) is 13.5. The lowest BCUT2D eigenvalue weighted by molar-refractivity contribution is -0.134. The SMILES string of the molecule is CNC(C)C(=O)N(CCO)C1CC1. The average Bonchev–Trinajstić information content (AvgIpc) is 2.95. The van der Waals surface area contributed by atoms with Crippen LogP contribution in [-0.2, 0) is 4.79 Å². The maximum absolute atomic E-state index is 11.7. The van der Waals surface area contributed by atoms with Gasteiger partial charge in [0.05, 0.1) is 12.6 Å². The molecule has 0 spiro atoms. The molecule has 0 heterocycles. The Kier molecular flexibility index (Phi) is 3.69. The Morgan fingerprint density at radius 3 is 2.69 bits per heavy atom. The summed E-state index contributed by atoms with van der Waals surface area (Å²) in [6.07, 6.45) is 2.17. The van der Waals surface area contributed by atoms with Crippen LogP contribution in [0.25, 0.3) is 0 Å². The maximum atomic E-state index is 11.7. The van der Waals surface area contributed by atoms with Gasteiger partial charge in [0.2, 0.25) is 5.91 Å². The second-order valence-corrected chi connectivity index (χ2v) is 3.50. The summed E-state index contributed by atoms with van der Waals surface area (Å²) in [5.41, 5.74) is 0. The van der Waals surface area contributed by atoms with Crippen molar-refractivity contribution in [1.82, 2.24) is 10.2 Å². The molecule has 0 aromatic heterocycles. The van der Waals surface area contributed by atoms with Crippen molar-refractivity contribution in [2.75, 3.05) is 20.2 Å². The van der Waals surface area contributed by atoms with Crippen molar-refractivity contribution in [2.24, 2.45) is 0 Å². The van der Waals surface area contributed by atoms with Gasteiger partial charge >= 0.3 is 0 Å². The number of carbonyl (C=O) groups is 1. The fraction of sp³-hybridized carbons (Fsp3) is 0.889. The monoisotopic (exact) mass is 186 g/mol. The van der Waals surface area contributed by atoms with Crippen LogP contribution in [0.3, 0.4) is 0 Å². The standard InChI is InChI=1S/C9H18N2O2/c1-7(10-2)9(13)11(5-6-12)8-3-4-8/h7-8,10,12H,3-6H2,1-2H3. The van der Waals surface area contributed by atoms with Crippen LogP contribution in [0.15, 0.2) is 0 Å². The molecule has 1 amide bonds. The number of aliphatic hydroxyl groups excluding tert-OH is 1. The Morgan fingerprint density at radius 1 is 1.69 bits per heavy atom. The quantitative estimate of drug-likeness (QED) is 0.613. The summed E-state index contributed by atoms with van der Waals surface area (Å²) in [5.74, 6) is 0.0963. The predicted octanol–water partition coefficient (Wildman–Crippen LogP) is -0.422. The van der Waals surface area contributed by atoms with Crippen LogP contribution in [0.2, 0.25) is 0 Å². The molecule has 0 aromatic rings. The Morgan fingerprint density at radius 2 is 2.31 bits per heavy atom. The Balaban J connectivity index is 2.47. The molecule has 1 saturated carbocycles. The zero-order chi connectivity index (χ0) is 9.84. The van der Waals surface area contributed by atoms with Crippen LogP contribution in [0.1, 0.15) is 19.8 Å². The van der Waals surface area contributed by atoms with E-state index in [1.54, 1.807) is 11.9 Å². The number of aliphatic hydroxyl groups is 1. The Hall–Kier alpha value is -0.610. The molecule has 0 bridgehead atoms. The molecule has 1 unspecified atom stereocenters. The first-order valence-electron chi connectivity index (χ1n) is 4.79. The normalized spacial score (nSPS) is 18.4. The largest absolute Gasteiger partial charge is 0.395 e. The van der Waals surface area contributed by atoms with Gasteiger partial charge in [-0.25, -0.2) is 0 Å². The van der Waals surface area contributed by atoms with E-state index >= 15 is 0 Å². The number of hydrogen-bond acceptors (Lipinski definition) is 3. The van der Waals surface area contributed by atoms with Gasteiger partial charge in [-0.3, -0.25) is 4.79 Å². The molecule has 0 aliphatic heterocycles. The summed E-state index contributed by atoms with van der Waals surface area (Å²) in [6.45, 7) is 2.36. The van der Waals surface area contributed by atoms with E-state index < -0.39 is 0 Å². The van der Waals surface area contributed by atoms with Gasteiger partial charge in [0.15, 0.2) is 0 Å². The van der Waals surface area contributed by atoms with Crippen LogP contribution >= 0.6 is 0 Å². The van der Waals surface area contributed by atoms with E-state index in [9.17, 15) is 4.79 Å². The van der Waals surface area contributed by atoms with Gasteiger partial charge in [0.25, 0.3) is 0 Å². The number of nitrogens with one attached hydrogen (secondary N) is 1. The van der Waals surface area contributed by atoms with Gasteiger partial charge in [-0.05, 0) is 26.8 Å². The Labute approximate surface area is 78.9 Å². The first-order chi connectivity index (χ1) is 6.20. The lowest BCUT2D eigenvalue weighted by Crippen LogP contribution is -2.45. The minimum atomic E-state index is -0.146. The van der Waals surface area contributed by atoms with Crippen LogP contribution in [0, 0.1) is 0 Å². The molecular formula is C9H18N2O2. The van der Waals surface area contributed by atoms with Gasteiger partial charge in [-0.2, -0.15) is 0 Å². The topological polar surface area (TPSA) is 52.6 Å². The third kappa shape index (κ3) is 2.67. The third-order valence-electron chi connectivity index (χ3n) is 2.42. The minimum absolute atomic E-state index is 0.0542. The van der Waals surface area contributed by atoms with Crippen molar-refractivity contribution in [3.63, 3.8) is 0 Å². The van der Waals surface area contributed by atoms with Gasteiger partial charge in [0.1, 0.15) is 0 Å². The van der Waals surface area contributed by atoms with Crippen LogP contribution < -0.4 is 5.32 Å². The molecule has 4 heteroatoms. The molecule has 1 fully saturated rings. The highest BCUT2D eigenvalue weighted by molar-refractivity contribution is 5.82. The third-order valence-corrected chi connectivity index (χ3v) is 2.42. The molecule has 13 heavy (non-hydrogen) atoms. The smallest absolute Gasteiger partial charge is 0.239 e. The summed E-state index contributed by atoms with van der Waals surface area (Å²) in [5, 5.41) is 11.7. The molecule has 1 atom stereocenters. The van der Waals surface area contributed by atoms with E-state index in [1.165, 1.54) is 0 Å². The second kappa shape index (κ2) is 4.58. The number of nitrogens with zero attached hydrogens (tertiary/aromatic N) is 1. The molecule has 0 saturated heterocycles. The average molecular weight is 186 g/mol. The fourth-order valence-electron chi connectivity index (χ4n) is 1.34. The Bertz CT molecular complexity index is 180. The van der Waals surface area contributed by atoms with E-state index in [0.717, 1.165) is 12.8 Å². The zero-order valence-electron chi connectivity index (χ0n) is 8.29. The van der Waals surface area contributed by atoms with Gasteiger partial charge in [-0.1, -0.05) is 0 Å². The van der Waals surface area contributed by atoms with E-state index in [1.807, 2.05) is 6.92 Å². The van der Waals surface area contributed by atoms with Crippen molar-refractivity contribution in [2.45, 2.75) is 31.8 Å². The summed E-state index contributed by atoms with van der Waals surface area (Å²) in [7, 11) is 1.77. The lowest BCUT2D eigenvalue weighted by Gasteiger charge is -2.24. The fourth-order valence-corrected chi connectivity index (χ4v) is 1.34. The lowest BCUT2D eigenvalue weighted by atomic mass is 10.3. The molecule has 4 nitrogen and oxygen atoms in total. The van der Waals surface area contributed by atoms with Crippen molar-refractivity contribution in [3.8, 4) is 0 Å². The van der Waals surface area contributed by atoms with Crippen molar-refractivity contribution in [1.29, 1.82) is 0 Å². The number of likely N-dealkylation sites (N-methyl/N-ethyl adjacent to an activating group) is 1. The van der Waals surface area contributed by atoms with Crippen LogP contribution in [0.5, 0.6) is 0 Å².